The summed E-state index contributed by atoms with van der Waals surface area (Å²) in [4.78, 5) is 0. The van der Waals surface area contributed by atoms with Crippen LogP contribution in [-0.4, -0.2) is 16.8 Å². The molecule has 0 spiro atoms. The van der Waals surface area contributed by atoms with Gasteiger partial charge in [0.2, 0.25) is 0 Å². The van der Waals surface area contributed by atoms with Crippen molar-refractivity contribution >= 4 is 7.75 Å². The van der Waals surface area contributed by atoms with Crippen LogP contribution in [0.25, 0.3) is 0 Å². The Kier molecular flexibility index (Phi) is 4.62. The quantitative estimate of drug-likeness (QED) is 0.782. The van der Waals surface area contributed by atoms with Gasteiger partial charge in [-0.25, -0.2) is 10.2 Å². The predicted molar refractivity (Wildman–Crippen MR) is 68.5 cm³/mol. The van der Waals surface area contributed by atoms with Crippen LogP contribution < -0.4 is 5.50 Å². The average Bonchev–Trinajstić information content (AvgIpc) is 2.30. The number of nitrogens with two attached hydrogens (primary N) is 1. The summed E-state index contributed by atoms with van der Waals surface area (Å²) in [7, 11) is -4.08. The highest BCUT2D eigenvalue weighted by molar-refractivity contribution is 7.53. The third kappa shape index (κ3) is 3.52. The Morgan fingerprint density at radius 3 is 1.53 bits per heavy atom. The lowest BCUT2D eigenvalue weighted by atomic mass is 9.91. The summed E-state index contributed by atoms with van der Waals surface area (Å²) >= 11 is 0. The fourth-order valence-electron chi connectivity index (χ4n) is 3.43. The van der Waals surface area contributed by atoms with E-state index >= 15 is 0 Å². The molecule has 0 amide bonds. The maximum atomic E-state index is 13.9. The number of halogens is 1. The second kappa shape index (κ2) is 5.81. The predicted octanol–water partition coefficient (Wildman–Crippen LogP) is 3.99. The molecule has 17 heavy (non-hydrogen) atoms. The highest BCUT2D eigenvalue weighted by Gasteiger charge is 2.39. The molecule has 100 valence electrons. The van der Waals surface area contributed by atoms with Crippen molar-refractivity contribution in [3.63, 3.8) is 0 Å². The first kappa shape index (κ1) is 13.5. The Labute approximate surface area is 104 Å². The maximum Gasteiger partial charge on any atom is 0.378 e. The van der Waals surface area contributed by atoms with Crippen molar-refractivity contribution in [2.75, 3.05) is 0 Å². The second-order valence-electron chi connectivity index (χ2n) is 5.51. The molecule has 0 radical (unpaired) electrons. The van der Waals surface area contributed by atoms with Crippen LogP contribution >= 0.6 is 7.75 Å². The van der Waals surface area contributed by atoms with Gasteiger partial charge in [-0.3, -0.25) is 4.57 Å². The summed E-state index contributed by atoms with van der Waals surface area (Å²) in [5, 5.41) is 0. The minimum Gasteiger partial charge on any atom is -0.251 e. The van der Waals surface area contributed by atoms with E-state index in [9.17, 15) is 8.76 Å². The summed E-state index contributed by atoms with van der Waals surface area (Å²) < 4.78 is 27.2. The van der Waals surface area contributed by atoms with Crippen molar-refractivity contribution in [2.24, 2.45) is 5.50 Å². The fourth-order valence-corrected chi connectivity index (χ4v) is 4.79. The summed E-state index contributed by atoms with van der Waals surface area (Å²) in [6, 6.07) is 0.236. The molecule has 0 saturated heterocycles. The zero-order chi connectivity index (χ0) is 12.3. The first-order valence-electron chi connectivity index (χ1n) is 6.96. The lowest BCUT2D eigenvalue weighted by Gasteiger charge is -2.41. The van der Waals surface area contributed by atoms with Crippen LogP contribution in [0, 0.1) is 0 Å². The van der Waals surface area contributed by atoms with Gasteiger partial charge in [0.15, 0.2) is 0 Å². The van der Waals surface area contributed by atoms with Crippen LogP contribution in [0.4, 0.5) is 4.20 Å². The lowest BCUT2D eigenvalue weighted by molar-refractivity contribution is 0.159. The normalized spacial score (nSPS) is 28.2. The van der Waals surface area contributed by atoms with Crippen molar-refractivity contribution in [3.8, 4) is 0 Å². The topological polar surface area (TPSA) is 46.3 Å². The molecule has 0 heterocycles. The third-order valence-corrected chi connectivity index (χ3v) is 5.50. The van der Waals surface area contributed by atoms with E-state index in [1.807, 2.05) is 0 Å². The van der Waals surface area contributed by atoms with E-state index in [1.165, 1.54) is 12.8 Å². The molecular weight excluding hydrogens is 238 g/mol. The highest BCUT2D eigenvalue weighted by Crippen LogP contribution is 2.50. The molecule has 2 saturated carbocycles. The first-order valence-corrected chi connectivity index (χ1v) is 8.58. The minimum absolute atomic E-state index is 0.118. The molecule has 2 aliphatic rings. The number of hydrogen-bond donors (Lipinski definition) is 1. The molecule has 0 aromatic rings. The number of rotatable bonds is 3. The van der Waals surface area contributed by atoms with E-state index in [-0.39, 0.29) is 12.1 Å². The van der Waals surface area contributed by atoms with Crippen molar-refractivity contribution < 1.29 is 8.76 Å². The van der Waals surface area contributed by atoms with E-state index < -0.39 is 7.75 Å². The van der Waals surface area contributed by atoms with E-state index in [0.29, 0.717) is 0 Å². The molecule has 0 bridgehead atoms. The molecular formula is C12H24FN2OP. The number of nitrogens with zero attached hydrogens (tertiary/aromatic N) is 1. The largest absolute Gasteiger partial charge is 0.378 e. The van der Waals surface area contributed by atoms with Gasteiger partial charge in [-0.2, -0.15) is 4.20 Å². The van der Waals surface area contributed by atoms with Gasteiger partial charge < -0.3 is 0 Å². The molecule has 3 nitrogen and oxygen atoms in total. The molecule has 5 heteroatoms. The summed E-state index contributed by atoms with van der Waals surface area (Å²) in [5.74, 6) is 0. The molecule has 1 atom stereocenters. The Morgan fingerprint density at radius 2 is 1.24 bits per heavy atom. The lowest BCUT2D eigenvalue weighted by Crippen LogP contribution is -2.43. The van der Waals surface area contributed by atoms with Gasteiger partial charge in [0, 0.05) is 12.1 Å². The fraction of sp³-hybridized carbons (Fsp3) is 1.00. The van der Waals surface area contributed by atoms with E-state index in [0.717, 1.165) is 51.4 Å². The van der Waals surface area contributed by atoms with Crippen LogP contribution in [0.15, 0.2) is 0 Å². The van der Waals surface area contributed by atoms with E-state index in [4.69, 9.17) is 5.50 Å². The van der Waals surface area contributed by atoms with Crippen molar-refractivity contribution in [1.29, 1.82) is 0 Å². The smallest absolute Gasteiger partial charge is 0.251 e. The van der Waals surface area contributed by atoms with Crippen LogP contribution in [0.3, 0.4) is 0 Å². The second-order valence-corrected chi connectivity index (χ2v) is 7.06. The van der Waals surface area contributed by atoms with Crippen LogP contribution in [0.1, 0.15) is 64.2 Å². The van der Waals surface area contributed by atoms with Crippen LogP contribution in [0.2, 0.25) is 0 Å². The highest BCUT2D eigenvalue weighted by atomic mass is 31.2. The Hall–Kier alpha value is 0.0800. The first-order chi connectivity index (χ1) is 8.09. The van der Waals surface area contributed by atoms with Gasteiger partial charge in [0.05, 0.1) is 0 Å². The molecule has 0 aromatic carbocycles. The van der Waals surface area contributed by atoms with Gasteiger partial charge >= 0.3 is 7.75 Å². The van der Waals surface area contributed by atoms with Crippen molar-refractivity contribution in [3.05, 3.63) is 0 Å². The Morgan fingerprint density at radius 1 is 0.882 bits per heavy atom. The van der Waals surface area contributed by atoms with Gasteiger partial charge in [0.25, 0.3) is 0 Å². The van der Waals surface area contributed by atoms with Gasteiger partial charge in [-0.15, -0.1) is 0 Å². The van der Waals surface area contributed by atoms with Crippen molar-refractivity contribution in [2.45, 2.75) is 76.3 Å². The van der Waals surface area contributed by atoms with E-state index in [2.05, 4.69) is 0 Å². The van der Waals surface area contributed by atoms with Crippen LogP contribution in [-0.2, 0) is 4.57 Å². The third-order valence-electron chi connectivity index (χ3n) is 4.21. The standard InChI is InChI=1S/C12H24FN2OP/c13-17(14,16)15(11-7-3-1-4-8-11)12-9-5-2-6-10-12/h11-12H,1-10H2,(H2,14,16). The molecule has 0 aliphatic heterocycles. The zero-order valence-electron chi connectivity index (χ0n) is 10.5. The monoisotopic (exact) mass is 262 g/mol. The molecule has 2 aliphatic carbocycles. The molecule has 2 fully saturated rings. The van der Waals surface area contributed by atoms with Gasteiger partial charge in [-0.05, 0) is 25.7 Å². The summed E-state index contributed by atoms with van der Waals surface area (Å²) in [6.07, 6.45) is 10.8. The Balaban J connectivity index is 2.09. The van der Waals surface area contributed by atoms with Crippen molar-refractivity contribution in [1.82, 2.24) is 4.67 Å². The summed E-state index contributed by atoms with van der Waals surface area (Å²) in [5.41, 5.74) is 5.36. The molecule has 1 unspecified atom stereocenters. The van der Waals surface area contributed by atoms with Gasteiger partial charge in [0.1, 0.15) is 0 Å². The average molecular weight is 262 g/mol. The molecule has 0 aromatic heterocycles. The van der Waals surface area contributed by atoms with Crippen LogP contribution in [0.5, 0.6) is 0 Å². The molecule has 2 N–H and O–H groups in total. The number of hydrogen-bond acceptors (Lipinski definition) is 1. The maximum absolute atomic E-state index is 13.9. The Bertz CT molecular complexity index is 264. The SMILES string of the molecule is NP(=O)(F)N(C1CCCCC1)C1CCCCC1. The zero-order valence-corrected chi connectivity index (χ0v) is 11.4. The van der Waals surface area contributed by atoms with Gasteiger partial charge in [-0.1, -0.05) is 38.5 Å². The minimum atomic E-state index is -4.08. The molecule has 2 rings (SSSR count). The summed E-state index contributed by atoms with van der Waals surface area (Å²) in [6.45, 7) is 0. The van der Waals surface area contributed by atoms with E-state index in [1.54, 1.807) is 4.67 Å².